The Balaban J connectivity index is 1.77. The van der Waals surface area contributed by atoms with E-state index in [9.17, 15) is 5.11 Å². The monoisotopic (exact) mass is 265 g/mol. The van der Waals surface area contributed by atoms with E-state index >= 15 is 0 Å². The molecule has 1 aliphatic rings. The molecule has 1 heterocycles. The van der Waals surface area contributed by atoms with Gasteiger partial charge in [0, 0.05) is 13.1 Å². The first-order chi connectivity index (χ1) is 8.72. The van der Waals surface area contributed by atoms with Crippen LogP contribution in [-0.4, -0.2) is 28.8 Å². The van der Waals surface area contributed by atoms with Gasteiger partial charge in [-0.1, -0.05) is 31.2 Å². The summed E-state index contributed by atoms with van der Waals surface area (Å²) in [6.07, 6.45) is 2.92. The Bertz CT molecular complexity index is 357. The minimum Gasteiger partial charge on any atom is -0.389 e. The van der Waals surface area contributed by atoms with E-state index in [-0.39, 0.29) is 0 Å². The van der Waals surface area contributed by atoms with Crippen molar-refractivity contribution >= 4 is 11.8 Å². The van der Waals surface area contributed by atoms with Gasteiger partial charge in [0.2, 0.25) is 0 Å². The van der Waals surface area contributed by atoms with Crippen molar-refractivity contribution in [2.45, 2.75) is 38.3 Å². The van der Waals surface area contributed by atoms with Crippen LogP contribution in [0.2, 0.25) is 0 Å². The highest BCUT2D eigenvalue weighted by atomic mass is 32.2. The zero-order chi connectivity index (χ0) is 12.8. The van der Waals surface area contributed by atoms with E-state index < -0.39 is 5.60 Å². The van der Waals surface area contributed by atoms with Crippen molar-refractivity contribution in [3.8, 4) is 0 Å². The molecule has 2 rings (SSSR count). The Kier molecular flexibility index (Phi) is 5.10. The fourth-order valence-corrected chi connectivity index (χ4v) is 3.51. The molecule has 1 aromatic carbocycles. The van der Waals surface area contributed by atoms with Gasteiger partial charge in [0.1, 0.15) is 0 Å². The lowest BCUT2D eigenvalue weighted by atomic mass is 9.97. The number of rotatable bonds is 5. The van der Waals surface area contributed by atoms with Crippen molar-refractivity contribution in [1.82, 2.24) is 5.32 Å². The fourth-order valence-electron chi connectivity index (χ4n) is 2.26. The van der Waals surface area contributed by atoms with Crippen molar-refractivity contribution in [1.29, 1.82) is 0 Å². The molecular formula is C15H23NOS. The van der Waals surface area contributed by atoms with E-state index in [2.05, 4.69) is 36.5 Å². The third-order valence-corrected chi connectivity index (χ3v) is 4.62. The first kappa shape index (κ1) is 13.9. The van der Waals surface area contributed by atoms with Crippen molar-refractivity contribution in [3.63, 3.8) is 0 Å². The second-order valence-electron chi connectivity index (χ2n) is 5.11. The smallest absolute Gasteiger partial charge is 0.0787 e. The Morgan fingerprint density at radius 2 is 1.78 bits per heavy atom. The minimum atomic E-state index is -0.478. The molecule has 0 bridgehead atoms. The number of benzene rings is 1. The van der Waals surface area contributed by atoms with Gasteiger partial charge >= 0.3 is 0 Å². The van der Waals surface area contributed by atoms with Crippen LogP contribution < -0.4 is 5.32 Å². The Morgan fingerprint density at radius 3 is 2.39 bits per heavy atom. The SMILES string of the molecule is CCc1ccc(CNCC2(O)CCSCC2)cc1. The third kappa shape index (κ3) is 4.01. The average Bonchev–Trinajstić information content (AvgIpc) is 2.40. The second-order valence-corrected chi connectivity index (χ2v) is 6.34. The Hall–Kier alpha value is -0.510. The van der Waals surface area contributed by atoms with Gasteiger partial charge in [-0.05, 0) is 41.9 Å². The van der Waals surface area contributed by atoms with Crippen LogP contribution in [-0.2, 0) is 13.0 Å². The molecule has 0 aliphatic carbocycles. The largest absolute Gasteiger partial charge is 0.389 e. The summed E-state index contributed by atoms with van der Waals surface area (Å²) in [4.78, 5) is 0. The van der Waals surface area contributed by atoms with Gasteiger partial charge in [-0.25, -0.2) is 0 Å². The first-order valence-corrected chi connectivity index (χ1v) is 7.96. The lowest BCUT2D eigenvalue weighted by Crippen LogP contribution is -2.43. The molecule has 0 radical (unpaired) electrons. The van der Waals surface area contributed by atoms with Crippen molar-refractivity contribution < 1.29 is 5.11 Å². The zero-order valence-corrected chi connectivity index (χ0v) is 11.9. The molecule has 1 aromatic rings. The Labute approximate surface area is 114 Å². The molecule has 0 amide bonds. The van der Waals surface area contributed by atoms with Crippen LogP contribution in [0.15, 0.2) is 24.3 Å². The normalized spacial score (nSPS) is 18.8. The third-order valence-electron chi connectivity index (χ3n) is 3.64. The van der Waals surface area contributed by atoms with E-state index in [1.807, 2.05) is 11.8 Å². The fraction of sp³-hybridized carbons (Fsp3) is 0.600. The van der Waals surface area contributed by atoms with Crippen molar-refractivity contribution in [2.75, 3.05) is 18.1 Å². The minimum absolute atomic E-state index is 0.478. The lowest BCUT2D eigenvalue weighted by molar-refractivity contribution is 0.0320. The molecule has 2 N–H and O–H groups in total. The van der Waals surface area contributed by atoms with Crippen LogP contribution in [0.3, 0.4) is 0 Å². The van der Waals surface area contributed by atoms with Crippen LogP contribution in [0.25, 0.3) is 0 Å². The molecule has 1 fully saturated rings. The number of thioether (sulfide) groups is 1. The summed E-state index contributed by atoms with van der Waals surface area (Å²) in [6.45, 7) is 3.73. The molecule has 0 saturated carbocycles. The number of aryl methyl sites for hydroxylation is 1. The van der Waals surface area contributed by atoms with Crippen LogP contribution >= 0.6 is 11.8 Å². The average molecular weight is 265 g/mol. The maximum Gasteiger partial charge on any atom is 0.0787 e. The number of hydrogen-bond donors (Lipinski definition) is 2. The van der Waals surface area contributed by atoms with Crippen LogP contribution in [0.1, 0.15) is 30.9 Å². The summed E-state index contributed by atoms with van der Waals surface area (Å²) >= 11 is 1.94. The summed E-state index contributed by atoms with van der Waals surface area (Å²) in [7, 11) is 0. The van der Waals surface area contributed by atoms with Gasteiger partial charge in [0.25, 0.3) is 0 Å². The van der Waals surface area contributed by atoms with E-state index in [4.69, 9.17) is 0 Å². The molecule has 18 heavy (non-hydrogen) atoms. The Morgan fingerprint density at radius 1 is 1.17 bits per heavy atom. The van der Waals surface area contributed by atoms with Gasteiger partial charge in [0.15, 0.2) is 0 Å². The zero-order valence-electron chi connectivity index (χ0n) is 11.1. The number of aliphatic hydroxyl groups is 1. The lowest BCUT2D eigenvalue weighted by Gasteiger charge is -2.32. The van der Waals surface area contributed by atoms with E-state index in [1.54, 1.807) is 0 Å². The van der Waals surface area contributed by atoms with Crippen LogP contribution in [0.4, 0.5) is 0 Å². The van der Waals surface area contributed by atoms with Gasteiger partial charge < -0.3 is 10.4 Å². The van der Waals surface area contributed by atoms with E-state index in [0.29, 0.717) is 6.54 Å². The number of nitrogens with one attached hydrogen (secondary N) is 1. The van der Waals surface area contributed by atoms with Crippen LogP contribution in [0.5, 0.6) is 0 Å². The summed E-state index contributed by atoms with van der Waals surface area (Å²) in [5.74, 6) is 2.17. The van der Waals surface area contributed by atoms with E-state index in [0.717, 1.165) is 37.3 Å². The highest BCUT2D eigenvalue weighted by Crippen LogP contribution is 2.26. The molecule has 0 atom stereocenters. The summed E-state index contributed by atoms with van der Waals surface area (Å²) < 4.78 is 0. The predicted octanol–water partition coefficient (Wildman–Crippen LogP) is 2.60. The maximum absolute atomic E-state index is 10.4. The summed E-state index contributed by atoms with van der Waals surface area (Å²) in [6, 6.07) is 8.71. The van der Waals surface area contributed by atoms with Crippen molar-refractivity contribution in [2.24, 2.45) is 0 Å². The number of hydrogen-bond acceptors (Lipinski definition) is 3. The molecule has 3 heteroatoms. The predicted molar refractivity (Wildman–Crippen MR) is 79.0 cm³/mol. The molecule has 100 valence electrons. The van der Waals surface area contributed by atoms with Crippen LogP contribution in [0, 0.1) is 0 Å². The van der Waals surface area contributed by atoms with Gasteiger partial charge in [-0.15, -0.1) is 0 Å². The molecule has 0 unspecified atom stereocenters. The van der Waals surface area contributed by atoms with Crippen molar-refractivity contribution in [3.05, 3.63) is 35.4 Å². The first-order valence-electron chi connectivity index (χ1n) is 6.80. The summed E-state index contributed by atoms with van der Waals surface area (Å²) in [5.41, 5.74) is 2.19. The molecule has 1 aliphatic heterocycles. The highest BCUT2D eigenvalue weighted by molar-refractivity contribution is 7.99. The standard InChI is InChI=1S/C15H23NOS/c1-2-13-3-5-14(6-4-13)11-16-12-15(17)7-9-18-10-8-15/h3-6,16-17H,2,7-12H2,1H3. The topological polar surface area (TPSA) is 32.3 Å². The van der Waals surface area contributed by atoms with Gasteiger partial charge in [-0.3, -0.25) is 0 Å². The molecule has 0 aromatic heterocycles. The second kappa shape index (κ2) is 6.60. The molecule has 1 saturated heterocycles. The molecule has 2 nitrogen and oxygen atoms in total. The maximum atomic E-state index is 10.4. The molecule has 0 spiro atoms. The van der Waals surface area contributed by atoms with Gasteiger partial charge in [0.05, 0.1) is 5.60 Å². The summed E-state index contributed by atoms with van der Waals surface area (Å²) in [5, 5.41) is 13.7. The van der Waals surface area contributed by atoms with E-state index in [1.165, 1.54) is 11.1 Å². The quantitative estimate of drug-likeness (QED) is 0.858. The van der Waals surface area contributed by atoms with Gasteiger partial charge in [-0.2, -0.15) is 11.8 Å². The molecular weight excluding hydrogens is 242 g/mol. The highest BCUT2D eigenvalue weighted by Gasteiger charge is 2.28.